The van der Waals surface area contributed by atoms with Crippen LogP contribution in [-0.2, 0) is 11.3 Å². The monoisotopic (exact) mass is 291 g/mol. The molecule has 1 N–H and O–H groups in total. The van der Waals surface area contributed by atoms with Crippen LogP contribution in [-0.4, -0.2) is 26.8 Å². The smallest absolute Gasteiger partial charge is 0.233 e. The first-order valence-electron chi connectivity index (χ1n) is 6.95. The summed E-state index contributed by atoms with van der Waals surface area (Å²) in [5.74, 6) is 0.0553. The van der Waals surface area contributed by atoms with Crippen LogP contribution in [0.2, 0.25) is 0 Å². The zero-order valence-electron chi connectivity index (χ0n) is 12.4. The van der Waals surface area contributed by atoms with Gasteiger partial charge < -0.3 is 9.88 Å². The number of carbonyl (C=O) groups is 1. The van der Waals surface area contributed by atoms with E-state index in [-0.39, 0.29) is 17.2 Å². The third-order valence-electron chi connectivity index (χ3n) is 3.02. The van der Waals surface area contributed by atoms with Crippen molar-refractivity contribution in [2.75, 3.05) is 0 Å². The molecule has 1 aromatic heterocycles. The predicted octanol–water partition coefficient (Wildman–Crippen LogP) is 3.06. The topological polar surface area (TPSA) is 46.9 Å². The number of aryl methyl sites for hydroxylation is 1. The number of aromatic nitrogens is 2. The highest BCUT2D eigenvalue weighted by Crippen LogP contribution is 2.27. The Hall–Kier alpha value is -1.49. The van der Waals surface area contributed by atoms with Gasteiger partial charge in [0.25, 0.3) is 0 Å². The Balaban J connectivity index is 2.23. The SMILES string of the molecule is CCn1c(SC(C)C(=O)NC(C)C)nc2ccccc21. The Morgan fingerprint density at radius 2 is 2.05 bits per heavy atom. The number of benzene rings is 1. The van der Waals surface area contributed by atoms with Crippen LogP contribution < -0.4 is 5.32 Å². The van der Waals surface area contributed by atoms with Gasteiger partial charge in [0.05, 0.1) is 16.3 Å². The summed E-state index contributed by atoms with van der Waals surface area (Å²) in [4.78, 5) is 16.6. The van der Waals surface area contributed by atoms with Gasteiger partial charge in [0, 0.05) is 12.6 Å². The maximum atomic E-state index is 12.0. The molecule has 1 aromatic carbocycles. The molecule has 108 valence electrons. The standard InChI is InChI=1S/C15H21N3OS/c1-5-18-13-9-7-6-8-12(13)17-15(18)20-11(4)14(19)16-10(2)3/h6-11H,5H2,1-4H3,(H,16,19). The van der Waals surface area contributed by atoms with Gasteiger partial charge in [-0.05, 0) is 39.8 Å². The molecule has 0 aliphatic rings. The molecule has 1 unspecified atom stereocenters. The fourth-order valence-corrected chi connectivity index (χ4v) is 3.06. The molecule has 0 fully saturated rings. The molecular formula is C15H21N3OS. The minimum absolute atomic E-state index is 0.0553. The highest BCUT2D eigenvalue weighted by atomic mass is 32.2. The predicted molar refractivity (Wildman–Crippen MR) is 84.0 cm³/mol. The van der Waals surface area contributed by atoms with Crippen molar-refractivity contribution in [1.29, 1.82) is 0 Å². The number of thioether (sulfide) groups is 1. The van der Waals surface area contributed by atoms with Crippen LogP contribution in [0.1, 0.15) is 27.7 Å². The Morgan fingerprint density at radius 1 is 1.35 bits per heavy atom. The molecule has 2 aromatic rings. The average Bonchev–Trinajstić information content (AvgIpc) is 2.74. The van der Waals surface area contributed by atoms with Crippen LogP contribution in [0.25, 0.3) is 11.0 Å². The molecule has 0 saturated carbocycles. The van der Waals surface area contributed by atoms with E-state index in [1.807, 2.05) is 39.0 Å². The summed E-state index contributed by atoms with van der Waals surface area (Å²) in [5.41, 5.74) is 2.10. The second-order valence-corrected chi connectivity index (χ2v) is 6.36. The van der Waals surface area contributed by atoms with Crippen LogP contribution in [0.4, 0.5) is 0 Å². The average molecular weight is 291 g/mol. The van der Waals surface area contributed by atoms with E-state index in [0.717, 1.165) is 22.7 Å². The molecule has 4 nitrogen and oxygen atoms in total. The van der Waals surface area contributed by atoms with Gasteiger partial charge in [-0.15, -0.1) is 0 Å². The number of amides is 1. The second kappa shape index (κ2) is 6.31. The first kappa shape index (κ1) is 14.9. The zero-order valence-corrected chi connectivity index (χ0v) is 13.2. The van der Waals surface area contributed by atoms with E-state index >= 15 is 0 Å². The van der Waals surface area contributed by atoms with Crippen molar-refractivity contribution in [3.8, 4) is 0 Å². The van der Waals surface area contributed by atoms with E-state index in [2.05, 4.69) is 27.9 Å². The molecule has 1 amide bonds. The number of hydrogen-bond donors (Lipinski definition) is 1. The minimum Gasteiger partial charge on any atom is -0.353 e. The molecule has 2 rings (SSSR count). The number of para-hydroxylation sites is 2. The lowest BCUT2D eigenvalue weighted by atomic mass is 10.3. The highest BCUT2D eigenvalue weighted by molar-refractivity contribution is 8.00. The van der Waals surface area contributed by atoms with Gasteiger partial charge in [-0.1, -0.05) is 23.9 Å². The summed E-state index contributed by atoms with van der Waals surface area (Å²) >= 11 is 1.51. The molecule has 20 heavy (non-hydrogen) atoms. The van der Waals surface area contributed by atoms with Crippen LogP contribution in [0.15, 0.2) is 29.4 Å². The lowest BCUT2D eigenvalue weighted by Crippen LogP contribution is -2.36. The summed E-state index contributed by atoms with van der Waals surface area (Å²) in [6, 6.07) is 8.23. The minimum atomic E-state index is -0.153. The Kier molecular flexibility index (Phi) is 4.70. The molecule has 0 saturated heterocycles. The van der Waals surface area contributed by atoms with Gasteiger partial charge in [0.15, 0.2) is 5.16 Å². The van der Waals surface area contributed by atoms with Gasteiger partial charge in [-0.25, -0.2) is 4.98 Å². The van der Waals surface area contributed by atoms with Crippen molar-refractivity contribution < 1.29 is 4.79 Å². The first-order valence-corrected chi connectivity index (χ1v) is 7.83. The summed E-state index contributed by atoms with van der Waals surface area (Å²) in [7, 11) is 0. The van der Waals surface area contributed by atoms with E-state index in [4.69, 9.17) is 0 Å². The third-order valence-corrected chi connectivity index (χ3v) is 4.11. The van der Waals surface area contributed by atoms with Crippen LogP contribution in [0.3, 0.4) is 0 Å². The van der Waals surface area contributed by atoms with Gasteiger partial charge in [-0.3, -0.25) is 4.79 Å². The van der Waals surface area contributed by atoms with Crippen LogP contribution in [0.5, 0.6) is 0 Å². The van der Waals surface area contributed by atoms with Crippen molar-refractivity contribution >= 4 is 28.7 Å². The lowest BCUT2D eigenvalue weighted by Gasteiger charge is -2.14. The molecule has 0 aliphatic heterocycles. The van der Waals surface area contributed by atoms with Crippen molar-refractivity contribution in [3.05, 3.63) is 24.3 Å². The molecule has 0 radical (unpaired) electrons. The van der Waals surface area contributed by atoms with E-state index < -0.39 is 0 Å². The summed E-state index contributed by atoms with van der Waals surface area (Å²) in [6.07, 6.45) is 0. The van der Waals surface area contributed by atoms with E-state index in [0.29, 0.717) is 0 Å². The number of nitrogens with zero attached hydrogens (tertiary/aromatic N) is 2. The van der Waals surface area contributed by atoms with Gasteiger partial charge in [0.2, 0.25) is 5.91 Å². The van der Waals surface area contributed by atoms with E-state index in [9.17, 15) is 4.79 Å². The van der Waals surface area contributed by atoms with Crippen molar-refractivity contribution in [2.45, 2.75) is 50.7 Å². The van der Waals surface area contributed by atoms with E-state index in [1.165, 1.54) is 11.8 Å². The molecule has 1 atom stereocenters. The summed E-state index contributed by atoms with van der Waals surface area (Å²) < 4.78 is 2.15. The van der Waals surface area contributed by atoms with E-state index in [1.54, 1.807) is 0 Å². The van der Waals surface area contributed by atoms with Crippen LogP contribution >= 0.6 is 11.8 Å². The number of imidazole rings is 1. The fourth-order valence-electron chi connectivity index (χ4n) is 2.06. The number of hydrogen-bond acceptors (Lipinski definition) is 3. The normalized spacial score (nSPS) is 12.8. The van der Waals surface area contributed by atoms with Gasteiger partial charge in [0.1, 0.15) is 0 Å². The molecule has 0 spiro atoms. The maximum absolute atomic E-state index is 12.0. The molecule has 0 bridgehead atoms. The quantitative estimate of drug-likeness (QED) is 0.861. The Morgan fingerprint density at radius 3 is 2.70 bits per heavy atom. The number of rotatable bonds is 5. The van der Waals surface area contributed by atoms with Crippen molar-refractivity contribution in [1.82, 2.24) is 14.9 Å². The third kappa shape index (κ3) is 3.15. The number of fused-ring (bicyclic) bond motifs is 1. The Bertz CT molecular complexity index is 606. The number of nitrogens with one attached hydrogen (secondary N) is 1. The van der Waals surface area contributed by atoms with Crippen molar-refractivity contribution in [2.24, 2.45) is 0 Å². The molecule has 5 heteroatoms. The fraction of sp³-hybridized carbons (Fsp3) is 0.467. The number of carbonyl (C=O) groups excluding carboxylic acids is 1. The largest absolute Gasteiger partial charge is 0.353 e. The van der Waals surface area contributed by atoms with Gasteiger partial charge in [-0.2, -0.15) is 0 Å². The first-order chi connectivity index (χ1) is 9.52. The second-order valence-electron chi connectivity index (χ2n) is 5.05. The Labute approximate surface area is 124 Å². The lowest BCUT2D eigenvalue weighted by molar-refractivity contribution is -0.120. The zero-order chi connectivity index (χ0) is 14.7. The molecular weight excluding hydrogens is 270 g/mol. The summed E-state index contributed by atoms with van der Waals surface area (Å²) in [5, 5.41) is 3.69. The molecule has 0 aliphatic carbocycles. The summed E-state index contributed by atoms with van der Waals surface area (Å²) in [6.45, 7) is 8.80. The van der Waals surface area contributed by atoms with Crippen LogP contribution in [0, 0.1) is 0 Å². The van der Waals surface area contributed by atoms with Gasteiger partial charge >= 0.3 is 0 Å². The highest BCUT2D eigenvalue weighted by Gasteiger charge is 2.19. The molecule has 1 heterocycles. The van der Waals surface area contributed by atoms with Crippen molar-refractivity contribution in [3.63, 3.8) is 0 Å². The maximum Gasteiger partial charge on any atom is 0.233 e.